The van der Waals surface area contributed by atoms with Gasteiger partial charge in [0.25, 0.3) is 0 Å². The van der Waals surface area contributed by atoms with Crippen molar-refractivity contribution in [1.29, 1.82) is 0 Å². The SMILES string of the molecule is C[C@@H]1C[C@H]2CCN(Cc3ccncc3)C[C@@H]2O1. The Labute approximate surface area is 103 Å². The standard InChI is InChI=1S/C14H20N2O/c1-11-8-13-4-7-16(10-14(13)17-11)9-12-2-5-15-6-3-12/h2-3,5-6,11,13-14H,4,7-10H2,1H3/t11-,13-,14+/m1/s1. The van der Waals surface area contributed by atoms with Gasteiger partial charge in [-0.25, -0.2) is 0 Å². The topological polar surface area (TPSA) is 25.4 Å². The van der Waals surface area contributed by atoms with Crippen LogP contribution in [0.25, 0.3) is 0 Å². The highest BCUT2D eigenvalue weighted by molar-refractivity contribution is 5.09. The van der Waals surface area contributed by atoms with Gasteiger partial charge in [-0.2, -0.15) is 0 Å². The first kappa shape index (κ1) is 11.2. The van der Waals surface area contributed by atoms with Crippen LogP contribution in [0.1, 0.15) is 25.3 Å². The van der Waals surface area contributed by atoms with Gasteiger partial charge in [0.1, 0.15) is 0 Å². The van der Waals surface area contributed by atoms with E-state index in [0.717, 1.165) is 19.0 Å². The second kappa shape index (κ2) is 4.75. The molecule has 0 unspecified atom stereocenters. The molecule has 2 aliphatic heterocycles. The van der Waals surface area contributed by atoms with Crippen LogP contribution in [0, 0.1) is 5.92 Å². The normalized spacial score (nSPS) is 33.6. The lowest BCUT2D eigenvalue weighted by molar-refractivity contribution is -0.00276. The van der Waals surface area contributed by atoms with Crippen molar-refractivity contribution in [2.75, 3.05) is 13.1 Å². The lowest BCUT2D eigenvalue weighted by atomic mass is 9.92. The summed E-state index contributed by atoms with van der Waals surface area (Å²) in [6, 6.07) is 4.20. The highest BCUT2D eigenvalue weighted by Crippen LogP contribution is 2.33. The van der Waals surface area contributed by atoms with Gasteiger partial charge in [0.05, 0.1) is 12.2 Å². The van der Waals surface area contributed by atoms with Crippen molar-refractivity contribution >= 4 is 0 Å². The van der Waals surface area contributed by atoms with Gasteiger partial charge < -0.3 is 4.74 Å². The fourth-order valence-electron chi connectivity index (χ4n) is 3.12. The maximum absolute atomic E-state index is 5.98. The van der Waals surface area contributed by atoms with Crippen LogP contribution in [0.4, 0.5) is 0 Å². The fourth-order valence-corrected chi connectivity index (χ4v) is 3.12. The summed E-state index contributed by atoms with van der Waals surface area (Å²) in [6.45, 7) is 5.53. The predicted octanol–water partition coefficient (Wildman–Crippen LogP) is 2.08. The molecule has 92 valence electrons. The average molecular weight is 232 g/mol. The van der Waals surface area contributed by atoms with Crippen molar-refractivity contribution in [3.05, 3.63) is 30.1 Å². The Hall–Kier alpha value is -0.930. The predicted molar refractivity (Wildman–Crippen MR) is 66.6 cm³/mol. The quantitative estimate of drug-likeness (QED) is 0.780. The van der Waals surface area contributed by atoms with Crippen molar-refractivity contribution < 1.29 is 4.74 Å². The Morgan fingerprint density at radius 1 is 1.41 bits per heavy atom. The first-order chi connectivity index (χ1) is 8.31. The first-order valence-corrected chi connectivity index (χ1v) is 6.58. The Balaban J connectivity index is 1.60. The van der Waals surface area contributed by atoms with Crippen molar-refractivity contribution in [2.45, 2.75) is 38.5 Å². The molecule has 1 aromatic heterocycles. The summed E-state index contributed by atoms with van der Waals surface area (Å²) in [5, 5.41) is 0. The van der Waals surface area contributed by atoms with Crippen LogP contribution in [-0.4, -0.2) is 35.2 Å². The molecule has 3 rings (SSSR count). The van der Waals surface area contributed by atoms with Crippen molar-refractivity contribution in [3.63, 3.8) is 0 Å². The van der Waals surface area contributed by atoms with E-state index >= 15 is 0 Å². The number of hydrogen-bond acceptors (Lipinski definition) is 3. The Kier molecular flexibility index (Phi) is 3.12. The summed E-state index contributed by atoms with van der Waals surface area (Å²) < 4.78 is 5.98. The molecule has 0 saturated carbocycles. The maximum Gasteiger partial charge on any atom is 0.0735 e. The summed E-state index contributed by atoms with van der Waals surface area (Å²) >= 11 is 0. The van der Waals surface area contributed by atoms with Crippen LogP contribution in [0.15, 0.2) is 24.5 Å². The summed E-state index contributed by atoms with van der Waals surface area (Å²) in [6.07, 6.45) is 7.23. The van der Waals surface area contributed by atoms with Gasteiger partial charge in [0.15, 0.2) is 0 Å². The molecule has 3 heteroatoms. The van der Waals surface area contributed by atoms with E-state index in [1.807, 2.05) is 12.4 Å². The van der Waals surface area contributed by atoms with Gasteiger partial charge in [-0.1, -0.05) is 0 Å². The largest absolute Gasteiger partial charge is 0.374 e. The van der Waals surface area contributed by atoms with Crippen molar-refractivity contribution in [1.82, 2.24) is 9.88 Å². The highest BCUT2D eigenvalue weighted by atomic mass is 16.5. The molecule has 0 spiro atoms. The summed E-state index contributed by atoms with van der Waals surface area (Å²) in [5.41, 5.74) is 1.35. The van der Waals surface area contributed by atoms with E-state index in [0.29, 0.717) is 12.2 Å². The number of fused-ring (bicyclic) bond motifs is 1. The zero-order valence-electron chi connectivity index (χ0n) is 10.4. The Bertz CT molecular complexity index is 368. The number of pyridine rings is 1. The van der Waals surface area contributed by atoms with E-state index in [-0.39, 0.29) is 0 Å². The molecule has 1 aromatic rings. The van der Waals surface area contributed by atoms with Gasteiger partial charge >= 0.3 is 0 Å². The monoisotopic (exact) mass is 232 g/mol. The Morgan fingerprint density at radius 2 is 2.24 bits per heavy atom. The van der Waals surface area contributed by atoms with Crippen LogP contribution < -0.4 is 0 Å². The third-order valence-corrected chi connectivity index (χ3v) is 3.98. The first-order valence-electron chi connectivity index (χ1n) is 6.58. The molecule has 2 fully saturated rings. The molecule has 3 heterocycles. The van der Waals surface area contributed by atoms with Gasteiger partial charge in [-0.15, -0.1) is 0 Å². The third-order valence-electron chi connectivity index (χ3n) is 3.98. The number of likely N-dealkylation sites (tertiary alicyclic amines) is 1. The smallest absolute Gasteiger partial charge is 0.0735 e. The van der Waals surface area contributed by atoms with Crippen LogP contribution in [0.2, 0.25) is 0 Å². The number of aromatic nitrogens is 1. The molecule has 3 atom stereocenters. The summed E-state index contributed by atoms with van der Waals surface area (Å²) in [5.74, 6) is 0.804. The zero-order chi connectivity index (χ0) is 11.7. The minimum Gasteiger partial charge on any atom is -0.374 e. The van der Waals surface area contributed by atoms with E-state index in [1.54, 1.807) is 0 Å². The lowest BCUT2D eigenvalue weighted by Gasteiger charge is -2.34. The second-order valence-electron chi connectivity index (χ2n) is 5.36. The maximum atomic E-state index is 5.98. The zero-order valence-corrected chi connectivity index (χ0v) is 10.4. The van der Waals surface area contributed by atoms with Gasteiger partial charge in [-0.3, -0.25) is 9.88 Å². The van der Waals surface area contributed by atoms with Crippen LogP contribution in [-0.2, 0) is 11.3 Å². The third kappa shape index (κ3) is 2.50. The summed E-state index contributed by atoms with van der Waals surface area (Å²) in [7, 11) is 0. The average Bonchev–Trinajstić information content (AvgIpc) is 2.70. The molecule has 0 aliphatic carbocycles. The van der Waals surface area contributed by atoms with Crippen LogP contribution >= 0.6 is 0 Å². The van der Waals surface area contributed by atoms with E-state index in [1.165, 1.54) is 24.9 Å². The molecular weight excluding hydrogens is 212 g/mol. The van der Waals surface area contributed by atoms with Crippen LogP contribution in [0.3, 0.4) is 0 Å². The lowest BCUT2D eigenvalue weighted by Crippen LogP contribution is -2.41. The highest BCUT2D eigenvalue weighted by Gasteiger charge is 2.36. The number of hydrogen-bond donors (Lipinski definition) is 0. The van der Waals surface area contributed by atoms with Gasteiger partial charge in [0.2, 0.25) is 0 Å². The number of piperidine rings is 1. The number of nitrogens with zero attached hydrogens (tertiary/aromatic N) is 2. The molecular formula is C14H20N2O. The van der Waals surface area contributed by atoms with Crippen LogP contribution in [0.5, 0.6) is 0 Å². The van der Waals surface area contributed by atoms with E-state index in [9.17, 15) is 0 Å². The van der Waals surface area contributed by atoms with Crippen molar-refractivity contribution in [3.8, 4) is 0 Å². The molecule has 0 radical (unpaired) electrons. The van der Waals surface area contributed by atoms with Gasteiger partial charge in [-0.05, 0) is 49.9 Å². The molecule has 0 aromatic carbocycles. The van der Waals surface area contributed by atoms with E-state index in [2.05, 4.69) is 28.9 Å². The molecule has 0 N–H and O–H groups in total. The molecule has 3 nitrogen and oxygen atoms in total. The van der Waals surface area contributed by atoms with E-state index in [4.69, 9.17) is 4.74 Å². The Morgan fingerprint density at radius 3 is 3.06 bits per heavy atom. The molecule has 0 amide bonds. The van der Waals surface area contributed by atoms with E-state index < -0.39 is 0 Å². The number of rotatable bonds is 2. The summed E-state index contributed by atoms with van der Waals surface area (Å²) in [4.78, 5) is 6.57. The van der Waals surface area contributed by atoms with Crippen molar-refractivity contribution in [2.24, 2.45) is 5.92 Å². The second-order valence-corrected chi connectivity index (χ2v) is 5.36. The molecule has 17 heavy (non-hydrogen) atoms. The fraction of sp³-hybridized carbons (Fsp3) is 0.643. The minimum absolute atomic E-state index is 0.464. The molecule has 2 aliphatic rings. The molecule has 2 saturated heterocycles. The minimum atomic E-state index is 0.464. The number of ether oxygens (including phenoxy) is 1. The molecule has 0 bridgehead atoms. The van der Waals surface area contributed by atoms with Gasteiger partial charge in [0, 0.05) is 25.5 Å².